The molecule has 2 nitrogen and oxygen atoms in total. The lowest BCUT2D eigenvalue weighted by Gasteiger charge is -2.34. The van der Waals surface area contributed by atoms with Crippen LogP contribution in [0.3, 0.4) is 0 Å². The second kappa shape index (κ2) is 4.62. The Balaban J connectivity index is 2.29. The van der Waals surface area contributed by atoms with Gasteiger partial charge in [0.1, 0.15) is 11.5 Å². The van der Waals surface area contributed by atoms with Crippen molar-refractivity contribution in [1.29, 1.82) is 0 Å². The predicted molar refractivity (Wildman–Crippen MR) is 66.7 cm³/mol. The van der Waals surface area contributed by atoms with Crippen molar-refractivity contribution in [2.45, 2.75) is 53.0 Å². The average Bonchev–Trinajstić information content (AvgIpc) is 2.38. The summed E-state index contributed by atoms with van der Waals surface area (Å²) >= 11 is 0. The van der Waals surface area contributed by atoms with Crippen LogP contribution in [0.25, 0.3) is 0 Å². The summed E-state index contributed by atoms with van der Waals surface area (Å²) in [6, 6.07) is 0.510. The molecule has 0 spiro atoms. The van der Waals surface area contributed by atoms with Gasteiger partial charge in [0.2, 0.25) is 0 Å². The normalized spacial score (nSPS) is 18.5. The van der Waals surface area contributed by atoms with E-state index >= 15 is 0 Å². The molecule has 1 fully saturated rings. The Hall–Kier alpha value is -0.760. The van der Waals surface area contributed by atoms with Gasteiger partial charge in [-0.05, 0) is 51.6 Å². The Morgan fingerprint density at radius 3 is 2.31 bits per heavy atom. The van der Waals surface area contributed by atoms with E-state index in [-0.39, 0.29) is 0 Å². The third-order valence-electron chi connectivity index (χ3n) is 3.97. The average molecular weight is 221 g/mol. The van der Waals surface area contributed by atoms with Gasteiger partial charge in [0.05, 0.1) is 0 Å². The number of aryl methyl sites for hydroxylation is 2. The molecule has 2 rings (SSSR count). The lowest BCUT2D eigenvalue weighted by atomic mass is 9.76. The molecule has 0 aromatic carbocycles. The number of hydrogen-bond acceptors (Lipinski definition) is 2. The standard InChI is InChI=1S/C14H23NO/c1-5-15-14(12-7-6-8-12)13-9(2)10(3)16-11(13)4/h12,14-15H,5-8H2,1-4H3. The number of nitrogens with one attached hydrogen (secondary N) is 1. The molecule has 1 aliphatic carbocycles. The quantitative estimate of drug-likeness (QED) is 0.839. The lowest BCUT2D eigenvalue weighted by molar-refractivity contribution is 0.231. The van der Waals surface area contributed by atoms with Crippen molar-refractivity contribution in [2.75, 3.05) is 6.54 Å². The Morgan fingerprint density at radius 2 is 1.94 bits per heavy atom. The van der Waals surface area contributed by atoms with Crippen molar-refractivity contribution in [3.05, 3.63) is 22.6 Å². The van der Waals surface area contributed by atoms with Crippen LogP contribution >= 0.6 is 0 Å². The zero-order chi connectivity index (χ0) is 11.7. The molecule has 0 bridgehead atoms. The molecule has 1 N–H and O–H groups in total. The zero-order valence-corrected chi connectivity index (χ0v) is 10.9. The fourth-order valence-corrected chi connectivity index (χ4v) is 2.76. The first-order valence-corrected chi connectivity index (χ1v) is 6.45. The third-order valence-corrected chi connectivity index (χ3v) is 3.97. The van der Waals surface area contributed by atoms with Gasteiger partial charge in [-0.1, -0.05) is 13.3 Å². The van der Waals surface area contributed by atoms with Crippen LogP contribution in [0.15, 0.2) is 4.42 Å². The Labute approximate surface area is 98.4 Å². The Kier molecular flexibility index (Phi) is 3.38. The van der Waals surface area contributed by atoms with Crippen molar-refractivity contribution in [3.63, 3.8) is 0 Å². The molecular formula is C14H23NO. The highest BCUT2D eigenvalue weighted by molar-refractivity contribution is 5.35. The van der Waals surface area contributed by atoms with Gasteiger partial charge >= 0.3 is 0 Å². The summed E-state index contributed by atoms with van der Waals surface area (Å²) in [5.74, 6) is 3.00. The molecule has 0 radical (unpaired) electrons. The van der Waals surface area contributed by atoms with E-state index in [1.54, 1.807) is 0 Å². The number of hydrogen-bond donors (Lipinski definition) is 1. The van der Waals surface area contributed by atoms with E-state index in [9.17, 15) is 0 Å². The second-order valence-corrected chi connectivity index (χ2v) is 4.98. The van der Waals surface area contributed by atoms with Crippen LogP contribution < -0.4 is 5.32 Å². The molecule has 1 unspecified atom stereocenters. The maximum atomic E-state index is 5.75. The first kappa shape index (κ1) is 11.7. The maximum Gasteiger partial charge on any atom is 0.106 e. The molecule has 0 amide bonds. The minimum atomic E-state index is 0.510. The monoisotopic (exact) mass is 221 g/mol. The molecular weight excluding hydrogens is 198 g/mol. The van der Waals surface area contributed by atoms with Crippen LogP contribution in [-0.2, 0) is 0 Å². The molecule has 0 saturated heterocycles. The van der Waals surface area contributed by atoms with E-state index in [0.29, 0.717) is 6.04 Å². The van der Waals surface area contributed by atoms with E-state index in [2.05, 4.69) is 33.0 Å². The maximum absolute atomic E-state index is 5.75. The highest BCUT2D eigenvalue weighted by Crippen LogP contribution is 2.41. The van der Waals surface area contributed by atoms with E-state index in [1.165, 1.54) is 30.4 Å². The van der Waals surface area contributed by atoms with E-state index in [4.69, 9.17) is 4.42 Å². The lowest BCUT2D eigenvalue weighted by Crippen LogP contribution is -2.32. The van der Waals surface area contributed by atoms with Gasteiger partial charge in [0.25, 0.3) is 0 Å². The van der Waals surface area contributed by atoms with E-state index in [1.807, 2.05) is 0 Å². The number of furan rings is 1. The van der Waals surface area contributed by atoms with Crippen molar-refractivity contribution >= 4 is 0 Å². The fourth-order valence-electron chi connectivity index (χ4n) is 2.76. The summed E-state index contributed by atoms with van der Waals surface area (Å²) < 4.78 is 5.75. The number of rotatable bonds is 4. The summed E-state index contributed by atoms with van der Waals surface area (Å²) in [6.07, 6.45) is 4.11. The molecule has 1 saturated carbocycles. The van der Waals surface area contributed by atoms with Gasteiger partial charge in [-0.2, -0.15) is 0 Å². The van der Waals surface area contributed by atoms with Gasteiger partial charge < -0.3 is 9.73 Å². The first-order valence-electron chi connectivity index (χ1n) is 6.45. The summed E-state index contributed by atoms with van der Waals surface area (Å²) in [7, 11) is 0. The SMILES string of the molecule is CCNC(c1c(C)oc(C)c1C)C1CCC1. The smallest absolute Gasteiger partial charge is 0.106 e. The van der Waals surface area contributed by atoms with Crippen LogP contribution in [0.1, 0.15) is 54.9 Å². The molecule has 2 heteroatoms. The molecule has 1 heterocycles. The molecule has 1 atom stereocenters. The molecule has 1 aromatic rings. The molecule has 90 valence electrons. The van der Waals surface area contributed by atoms with E-state index in [0.717, 1.165) is 24.0 Å². The fraction of sp³-hybridized carbons (Fsp3) is 0.714. The summed E-state index contributed by atoms with van der Waals surface area (Å²) in [5, 5.41) is 3.64. The summed E-state index contributed by atoms with van der Waals surface area (Å²) in [6.45, 7) is 9.56. The van der Waals surface area contributed by atoms with Crippen LogP contribution in [0.4, 0.5) is 0 Å². The molecule has 1 aliphatic rings. The molecule has 0 aliphatic heterocycles. The van der Waals surface area contributed by atoms with Gasteiger partial charge in [0, 0.05) is 11.6 Å². The van der Waals surface area contributed by atoms with Crippen molar-refractivity contribution in [2.24, 2.45) is 5.92 Å². The highest BCUT2D eigenvalue weighted by atomic mass is 16.3. The van der Waals surface area contributed by atoms with Gasteiger partial charge in [0.15, 0.2) is 0 Å². The zero-order valence-electron chi connectivity index (χ0n) is 10.9. The van der Waals surface area contributed by atoms with Gasteiger partial charge in [-0.25, -0.2) is 0 Å². The summed E-state index contributed by atoms with van der Waals surface area (Å²) in [4.78, 5) is 0. The van der Waals surface area contributed by atoms with Gasteiger partial charge in [-0.15, -0.1) is 0 Å². The Bertz CT molecular complexity index is 363. The highest BCUT2D eigenvalue weighted by Gasteiger charge is 2.31. The first-order chi connectivity index (χ1) is 7.65. The van der Waals surface area contributed by atoms with Crippen molar-refractivity contribution in [3.8, 4) is 0 Å². The minimum absolute atomic E-state index is 0.510. The van der Waals surface area contributed by atoms with Crippen molar-refractivity contribution < 1.29 is 4.42 Å². The van der Waals surface area contributed by atoms with Crippen LogP contribution in [0.2, 0.25) is 0 Å². The van der Waals surface area contributed by atoms with Crippen LogP contribution in [0, 0.1) is 26.7 Å². The third kappa shape index (κ3) is 1.91. The molecule has 16 heavy (non-hydrogen) atoms. The summed E-state index contributed by atoms with van der Waals surface area (Å²) in [5.41, 5.74) is 2.76. The van der Waals surface area contributed by atoms with Crippen LogP contribution in [0.5, 0.6) is 0 Å². The largest absolute Gasteiger partial charge is 0.466 e. The second-order valence-electron chi connectivity index (χ2n) is 4.98. The van der Waals surface area contributed by atoms with E-state index < -0.39 is 0 Å². The topological polar surface area (TPSA) is 25.2 Å². The minimum Gasteiger partial charge on any atom is -0.466 e. The Morgan fingerprint density at radius 1 is 1.25 bits per heavy atom. The predicted octanol–water partition coefficient (Wildman–Crippen LogP) is 3.66. The van der Waals surface area contributed by atoms with Crippen LogP contribution in [-0.4, -0.2) is 6.54 Å². The van der Waals surface area contributed by atoms with Crippen molar-refractivity contribution in [1.82, 2.24) is 5.32 Å². The van der Waals surface area contributed by atoms with Gasteiger partial charge in [-0.3, -0.25) is 0 Å². The molecule has 1 aromatic heterocycles.